The molecule has 0 unspecified atom stereocenters. The highest BCUT2D eigenvalue weighted by Gasteiger charge is 2.17. The number of hydrogen-bond acceptors (Lipinski definition) is 8. The zero-order chi connectivity index (χ0) is 20.9. The molecule has 0 aliphatic heterocycles. The molecular formula is C18H16N4O5S2. The quantitative estimate of drug-likeness (QED) is 0.281. The molecule has 0 aliphatic carbocycles. The predicted octanol–water partition coefficient (Wildman–Crippen LogP) is 2.33. The predicted molar refractivity (Wildman–Crippen MR) is 106 cm³/mol. The number of ether oxygens (including phenoxy) is 1. The van der Waals surface area contributed by atoms with Crippen LogP contribution in [0.1, 0.15) is 12.2 Å². The number of carbonyl (C=O) groups excluding carboxylic acids is 1. The van der Waals surface area contributed by atoms with Crippen LogP contribution in [-0.4, -0.2) is 42.6 Å². The van der Waals surface area contributed by atoms with E-state index in [1.807, 2.05) is 6.07 Å². The van der Waals surface area contributed by atoms with Crippen LogP contribution >= 0.6 is 11.3 Å². The summed E-state index contributed by atoms with van der Waals surface area (Å²) in [5.41, 5.74) is 1.17. The number of H-pyrrole nitrogens is 1. The third-order valence-corrected chi connectivity index (χ3v) is 6.64. The molecule has 0 saturated heterocycles. The first-order valence-corrected chi connectivity index (χ1v) is 10.7. The standard InChI is InChI=1S/C18H16N4O5S2/c19-10-12(18-21-13-4-1-2-5-14(13)22-18)15(23)11-27-16(24)7-8-20-29(25,26)17-6-3-9-28-17/h1-6,9,20,23H,7-8,11H2,(H,21,22). The fourth-order valence-corrected chi connectivity index (χ4v) is 4.46. The summed E-state index contributed by atoms with van der Waals surface area (Å²) in [7, 11) is -3.66. The zero-order valence-electron chi connectivity index (χ0n) is 15.0. The van der Waals surface area contributed by atoms with Gasteiger partial charge in [-0.1, -0.05) is 18.2 Å². The number of carbonyl (C=O) groups is 1. The maximum absolute atomic E-state index is 12.0. The third kappa shape index (κ3) is 5.00. The van der Waals surface area contributed by atoms with E-state index in [4.69, 9.17) is 4.74 Å². The number of benzene rings is 1. The second kappa shape index (κ2) is 8.87. The minimum absolute atomic E-state index is 0.146. The van der Waals surface area contributed by atoms with E-state index in [0.717, 1.165) is 11.3 Å². The molecule has 11 heteroatoms. The summed E-state index contributed by atoms with van der Waals surface area (Å²) in [5.74, 6) is -1.03. The second-order valence-corrected chi connectivity index (χ2v) is 8.72. The Hall–Kier alpha value is -3.20. The van der Waals surface area contributed by atoms with Gasteiger partial charge in [0.1, 0.15) is 22.5 Å². The summed E-state index contributed by atoms with van der Waals surface area (Å²) in [6, 6.07) is 12.0. The number of rotatable bonds is 8. The van der Waals surface area contributed by atoms with Crippen molar-refractivity contribution in [1.29, 1.82) is 5.26 Å². The minimum atomic E-state index is -3.66. The Kier molecular flexibility index (Phi) is 6.28. The number of nitrogens with zero attached hydrogens (tertiary/aromatic N) is 2. The van der Waals surface area contributed by atoms with Crippen LogP contribution in [0.2, 0.25) is 0 Å². The topological polar surface area (TPSA) is 145 Å². The number of nitriles is 1. The zero-order valence-corrected chi connectivity index (χ0v) is 16.6. The molecule has 9 nitrogen and oxygen atoms in total. The molecule has 2 aromatic heterocycles. The van der Waals surface area contributed by atoms with Crippen molar-refractivity contribution in [3.05, 3.63) is 53.4 Å². The molecule has 3 aromatic rings. The molecule has 0 spiro atoms. The molecule has 0 bridgehead atoms. The molecule has 0 amide bonds. The van der Waals surface area contributed by atoms with Crippen LogP contribution < -0.4 is 4.72 Å². The number of aromatic amines is 1. The van der Waals surface area contributed by atoms with Gasteiger partial charge in [-0.2, -0.15) is 5.26 Å². The average Bonchev–Trinajstić information content (AvgIpc) is 3.37. The molecule has 29 heavy (non-hydrogen) atoms. The Labute approximate surface area is 170 Å². The Bertz CT molecular complexity index is 1160. The van der Waals surface area contributed by atoms with Crippen molar-refractivity contribution in [3.8, 4) is 6.07 Å². The number of aromatic nitrogens is 2. The monoisotopic (exact) mass is 432 g/mol. The van der Waals surface area contributed by atoms with Crippen LogP contribution in [0.15, 0.2) is 51.7 Å². The average molecular weight is 432 g/mol. The highest BCUT2D eigenvalue weighted by atomic mass is 32.2. The van der Waals surface area contributed by atoms with Crippen molar-refractivity contribution in [1.82, 2.24) is 14.7 Å². The van der Waals surface area contributed by atoms with Gasteiger partial charge in [-0.25, -0.2) is 18.1 Å². The second-order valence-electron chi connectivity index (χ2n) is 5.78. The molecule has 0 fully saturated rings. The van der Waals surface area contributed by atoms with Gasteiger partial charge in [-0.05, 0) is 23.6 Å². The summed E-state index contributed by atoms with van der Waals surface area (Å²) in [5, 5.41) is 21.1. The Morgan fingerprint density at radius 3 is 2.79 bits per heavy atom. The van der Waals surface area contributed by atoms with Crippen LogP contribution in [-0.2, 0) is 19.6 Å². The summed E-state index contributed by atoms with van der Waals surface area (Å²) in [6.07, 6.45) is -0.232. The van der Waals surface area contributed by atoms with Gasteiger partial charge < -0.3 is 14.8 Å². The molecule has 0 radical (unpaired) electrons. The van der Waals surface area contributed by atoms with Crippen molar-refractivity contribution < 1.29 is 23.1 Å². The van der Waals surface area contributed by atoms with Crippen molar-refractivity contribution in [3.63, 3.8) is 0 Å². The number of aliphatic hydroxyl groups is 1. The number of thiophene rings is 1. The number of allylic oxidation sites excluding steroid dienone is 1. The first-order valence-electron chi connectivity index (χ1n) is 8.37. The first kappa shape index (κ1) is 20.5. The number of esters is 1. The number of aliphatic hydroxyl groups excluding tert-OH is 1. The van der Waals surface area contributed by atoms with Crippen molar-refractivity contribution >= 4 is 43.9 Å². The first-order chi connectivity index (χ1) is 13.9. The van der Waals surface area contributed by atoms with Crippen molar-refractivity contribution in [2.45, 2.75) is 10.6 Å². The van der Waals surface area contributed by atoms with Gasteiger partial charge in [0.25, 0.3) is 0 Å². The van der Waals surface area contributed by atoms with Gasteiger partial charge in [0.15, 0.2) is 11.6 Å². The van der Waals surface area contributed by atoms with E-state index < -0.39 is 28.4 Å². The number of sulfonamides is 1. The number of imidazole rings is 1. The molecule has 2 heterocycles. The van der Waals surface area contributed by atoms with Crippen molar-refractivity contribution in [2.75, 3.05) is 13.2 Å². The lowest BCUT2D eigenvalue weighted by Gasteiger charge is -2.07. The Morgan fingerprint density at radius 1 is 1.31 bits per heavy atom. The molecule has 1 aromatic carbocycles. The lowest BCUT2D eigenvalue weighted by Crippen LogP contribution is -2.26. The lowest BCUT2D eigenvalue weighted by atomic mass is 10.2. The van der Waals surface area contributed by atoms with Gasteiger partial charge in [-0.3, -0.25) is 4.79 Å². The van der Waals surface area contributed by atoms with E-state index in [2.05, 4.69) is 14.7 Å². The van der Waals surface area contributed by atoms with Gasteiger partial charge >= 0.3 is 5.97 Å². The van der Waals surface area contributed by atoms with Gasteiger partial charge in [0, 0.05) is 6.54 Å². The summed E-state index contributed by atoms with van der Waals surface area (Å²) < 4.78 is 31.3. The SMILES string of the molecule is N#CC(=C(O)COC(=O)CCNS(=O)(=O)c1cccs1)c1nc2ccccc2[nH]1. The third-order valence-electron chi connectivity index (χ3n) is 3.78. The van der Waals surface area contributed by atoms with Gasteiger partial charge in [0.05, 0.1) is 17.5 Å². The smallest absolute Gasteiger partial charge is 0.307 e. The van der Waals surface area contributed by atoms with Crippen LogP contribution in [0.4, 0.5) is 0 Å². The minimum Gasteiger partial charge on any atom is -0.507 e. The summed E-state index contributed by atoms with van der Waals surface area (Å²) in [6.45, 7) is -0.686. The Balaban J connectivity index is 1.56. The maximum atomic E-state index is 12.0. The molecule has 3 N–H and O–H groups in total. The Morgan fingerprint density at radius 2 is 2.10 bits per heavy atom. The van der Waals surface area contributed by atoms with E-state index in [1.165, 1.54) is 6.07 Å². The number of hydrogen-bond donors (Lipinski definition) is 3. The number of nitrogens with one attached hydrogen (secondary N) is 2. The fraction of sp³-hybridized carbons (Fsp3) is 0.167. The van der Waals surface area contributed by atoms with E-state index >= 15 is 0 Å². The van der Waals surface area contributed by atoms with Crippen molar-refractivity contribution in [2.24, 2.45) is 0 Å². The molecule has 0 saturated carbocycles. The van der Waals surface area contributed by atoms with E-state index in [-0.39, 0.29) is 28.6 Å². The van der Waals surface area contributed by atoms with Crippen LogP contribution in [0, 0.1) is 11.3 Å². The summed E-state index contributed by atoms with van der Waals surface area (Å²) in [4.78, 5) is 18.9. The van der Waals surface area contributed by atoms with E-state index in [9.17, 15) is 23.6 Å². The van der Waals surface area contributed by atoms with Crippen LogP contribution in [0.3, 0.4) is 0 Å². The van der Waals surface area contributed by atoms with Gasteiger partial charge in [0.2, 0.25) is 10.0 Å². The molecule has 0 aliphatic rings. The molecule has 0 atom stereocenters. The number of fused-ring (bicyclic) bond motifs is 1. The largest absolute Gasteiger partial charge is 0.507 e. The highest BCUT2D eigenvalue weighted by molar-refractivity contribution is 7.91. The van der Waals surface area contributed by atoms with Crippen LogP contribution in [0.5, 0.6) is 0 Å². The molecule has 3 rings (SSSR count). The maximum Gasteiger partial charge on any atom is 0.307 e. The number of para-hydroxylation sites is 2. The van der Waals surface area contributed by atoms with E-state index in [0.29, 0.717) is 11.0 Å². The normalized spacial score (nSPS) is 12.4. The lowest BCUT2D eigenvalue weighted by molar-refractivity contribution is -0.143. The molecule has 150 valence electrons. The van der Waals surface area contributed by atoms with Gasteiger partial charge in [-0.15, -0.1) is 11.3 Å². The highest BCUT2D eigenvalue weighted by Crippen LogP contribution is 2.19. The fourth-order valence-electron chi connectivity index (χ4n) is 2.39. The summed E-state index contributed by atoms with van der Waals surface area (Å²) >= 11 is 1.06. The van der Waals surface area contributed by atoms with E-state index in [1.54, 1.807) is 35.7 Å². The van der Waals surface area contributed by atoms with Crippen LogP contribution in [0.25, 0.3) is 16.6 Å². The molecular weight excluding hydrogens is 416 g/mol.